The van der Waals surface area contributed by atoms with Gasteiger partial charge in [-0.05, 0) is 31.4 Å². The van der Waals surface area contributed by atoms with Crippen molar-refractivity contribution in [2.45, 2.75) is 31.1 Å². The van der Waals surface area contributed by atoms with Crippen LogP contribution in [0.3, 0.4) is 0 Å². The summed E-state index contributed by atoms with van der Waals surface area (Å²) >= 11 is 0. The van der Waals surface area contributed by atoms with Crippen molar-refractivity contribution in [2.75, 3.05) is 19.6 Å². The van der Waals surface area contributed by atoms with Crippen molar-refractivity contribution in [3.63, 3.8) is 0 Å². The number of hydrogen-bond acceptors (Lipinski definition) is 3. The van der Waals surface area contributed by atoms with E-state index in [4.69, 9.17) is 0 Å². The van der Waals surface area contributed by atoms with E-state index in [9.17, 15) is 13.2 Å². The van der Waals surface area contributed by atoms with Crippen molar-refractivity contribution in [2.24, 2.45) is 0 Å². The number of carbonyl (C=O) groups excluding carboxylic acids is 1. The fourth-order valence-corrected chi connectivity index (χ4v) is 3.61. The average Bonchev–Trinajstić information content (AvgIpc) is 2.41. The molecule has 0 saturated carbocycles. The van der Waals surface area contributed by atoms with Crippen molar-refractivity contribution in [1.29, 1.82) is 0 Å². The Morgan fingerprint density at radius 3 is 2.70 bits per heavy atom. The predicted molar refractivity (Wildman–Crippen MR) is 76.8 cm³/mol. The van der Waals surface area contributed by atoms with E-state index >= 15 is 0 Å². The summed E-state index contributed by atoms with van der Waals surface area (Å²) in [6.45, 7) is 3.18. The van der Waals surface area contributed by atoms with Crippen LogP contribution in [0.4, 0.5) is 0 Å². The summed E-state index contributed by atoms with van der Waals surface area (Å²) in [6.07, 6.45) is 2.51. The van der Waals surface area contributed by atoms with Crippen LogP contribution in [0.15, 0.2) is 29.2 Å². The minimum absolute atomic E-state index is 0.117. The highest BCUT2D eigenvalue weighted by Gasteiger charge is 2.19. The molecule has 0 bridgehead atoms. The molecular formula is C14H20N2O3S. The van der Waals surface area contributed by atoms with Gasteiger partial charge in [0.15, 0.2) is 0 Å². The number of carbonyl (C=O) groups is 1. The van der Waals surface area contributed by atoms with Crippen LogP contribution < -0.4 is 4.72 Å². The Morgan fingerprint density at radius 1 is 1.25 bits per heavy atom. The highest BCUT2D eigenvalue weighted by Crippen LogP contribution is 2.14. The molecule has 2 rings (SSSR count). The number of piperidine rings is 1. The number of amides is 1. The van der Waals surface area contributed by atoms with Crippen molar-refractivity contribution >= 4 is 15.9 Å². The number of aryl methyl sites for hydroxylation is 1. The Hall–Kier alpha value is -1.40. The highest BCUT2D eigenvalue weighted by molar-refractivity contribution is 7.89. The van der Waals surface area contributed by atoms with E-state index in [2.05, 4.69) is 4.72 Å². The maximum absolute atomic E-state index is 12.2. The first kappa shape index (κ1) is 15.0. The van der Waals surface area contributed by atoms with Crippen LogP contribution >= 0.6 is 0 Å². The summed E-state index contributed by atoms with van der Waals surface area (Å²) in [4.78, 5) is 13.6. The Balaban J connectivity index is 1.93. The largest absolute Gasteiger partial charge is 0.341 e. The summed E-state index contributed by atoms with van der Waals surface area (Å²) in [5.41, 5.74) is 0.717. The molecule has 1 aliphatic rings. The fraction of sp³-hybridized carbons (Fsp3) is 0.500. The third-order valence-corrected chi connectivity index (χ3v) is 5.10. The standard InChI is InChI=1S/C14H20N2O3S/c1-12-6-2-3-7-13(12)20(18,19)15-9-11-16-10-5-4-8-14(16)17/h2-3,6-7,15H,4-5,8-11H2,1H3. The van der Waals surface area contributed by atoms with Gasteiger partial charge < -0.3 is 4.90 Å². The van der Waals surface area contributed by atoms with Crippen molar-refractivity contribution in [3.05, 3.63) is 29.8 Å². The van der Waals surface area contributed by atoms with E-state index in [1.165, 1.54) is 0 Å². The number of nitrogens with one attached hydrogen (secondary N) is 1. The zero-order valence-corrected chi connectivity index (χ0v) is 12.4. The van der Waals surface area contributed by atoms with Crippen molar-refractivity contribution < 1.29 is 13.2 Å². The molecule has 6 heteroatoms. The smallest absolute Gasteiger partial charge is 0.240 e. The van der Waals surface area contributed by atoms with Gasteiger partial charge in [-0.15, -0.1) is 0 Å². The van der Waals surface area contributed by atoms with E-state index in [-0.39, 0.29) is 12.5 Å². The molecule has 1 aliphatic heterocycles. The number of hydrogen-bond donors (Lipinski definition) is 1. The molecule has 0 aromatic heterocycles. The van der Waals surface area contributed by atoms with Crippen LogP contribution in [0.5, 0.6) is 0 Å². The number of likely N-dealkylation sites (tertiary alicyclic amines) is 1. The van der Waals surface area contributed by atoms with Crippen molar-refractivity contribution in [1.82, 2.24) is 9.62 Å². The fourth-order valence-electron chi connectivity index (χ4n) is 2.35. The summed E-state index contributed by atoms with van der Waals surface area (Å²) in [6, 6.07) is 6.86. The van der Waals surface area contributed by atoms with Gasteiger partial charge in [0.05, 0.1) is 4.90 Å². The molecule has 1 amide bonds. The average molecular weight is 296 g/mol. The first-order valence-electron chi connectivity index (χ1n) is 6.84. The van der Waals surface area contributed by atoms with Gasteiger partial charge in [0.25, 0.3) is 0 Å². The van der Waals surface area contributed by atoms with Gasteiger partial charge >= 0.3 is 0 Å². The van der Waals surface area contributed by atoms with Crippen LogP contribution in [0.2, 0.25) is 0 Å². The molecule has 1 aromatic rings. The third kappa shape index (κ3) is 3.58. The predicted octanol–water partition coefficient (Wildman–Crippen LogP) is 1.29. The lowest BCUT2D eigenvalue weighted by Crippen LogP contribution is -2.41. The third-order valence-electron chi connectivity index (χ3n) is 3.48. The van der Waals surface area contributed by atoms with Gasteiger partial charge in [-0.1, -0.05) is 18.2 Å². The minimum Gasteiger partial charge on any atom is -0.341 e. The molecule has 0 radical (unpaired) electrons. The second kappa shape index (κ2) is 6.37. The molecular weight excluding hydrogens is 276 g/mol. The molecule has 0 aliphatic carbocycles. The van der Waals surface area contributed by atoms with E-state index in [0.717, 1.165) is 19.4 Å². The zero-order valence-electron chi connectivity index (χ0n) is 11.6. The molecule has 5 nitrogen and oxygen atoms in total. The number of nitrogens with zero attached hydrogens (tertiary/aromatic N) is 1. The second-order valence-electron chi connectivity index (χ2n) is 5.00. The molecule has 1 N–H and O–H groups in total. The van der Waals surface area contributed by atoms with E-state index in [0.29, 0.717) is 23.4 Å². The zero-order chi connectivity index (χ0) is 14.6. The van der Waals surface area contributed by atoms with Gasteiger partial charge in [0, 0.05) is 26.1 Å². The van der Waals surface area contributed by atoms with Crippen LogP contribution in [-0.4, -0.2) is 38.9 Å². The molecule has 0 atom stereocenters. The molecule has 1 fully saturated rings. The van der Waals surface area contributed by atoms with Crippen LogP contribution in [-0.2, 0) is 14.8 Å². The first-order chi connectivity index (χ1) is 9.50. The molecule has 1 aromatic carbocycles. The normalized spacial score (nSPS) is 16.4. The summed E-state index contributed by atoms with van der Waals surface area (Å²) in [5, 5.41) is 0. The maximum Gasteiger partial charge on any atom is 0.240 e. The van der Waals surface area contributed by atoms with Crippen LogP contribution in [0.1, 0.15) is 24.8 Å². The molecule has 0 spiro atoms. The Morgan fingerprint density at radius 2 is 2.00 bits per heavy atom. The Bertz CT molecular complexity index is 584. The minimum atomic E-state index is -3.50. The lowest BCUT2D eigenvalue weighted by Gasteiger charge is -2.26. The van der Waals surface area contributed by atoms with Crippen molar-refractivity contribution in [3.8, 4) is 0 Å². The summed E-state index contributed by atoms with van der Waals surface area (Å²) in [7, 11) is -3.50. The lowest BCUT2D eigenvalue weighted by molar-refractivity contribution is -0.133. The molecule has 0 unspecified atom stereocenters. The quantitative estimate of drug-likeness (QED) is 0.890. The Kier molecular flexibility index (Phi) is 4.77. The first-order valence-corrected chi connectivity index (χ1v) is 8.32. The highest BCUT2D eigenvalue weighted by atomic mass is 32.2. The van der Waals surface area contributed by atoms with Gasteiger partial charge in [-0.25, -0.2) is 13.1 Å². The molecule has 1 saturated heterocycles. The Labute approximate surface area is 120 Å². The van der Waals surface area contributed by atoms with Crippen LogP contribution in [0.25, 0.3) is 0 Å². The topological polar surface area (TPSA) is 66.5 Å². The van der Waals surface area contributed by atoms with E-state index in [1.54, 1.807) is 36.1 Å². The summed E-state index contributed by atoms with van der Waals surface area (Å²) in [5.74, 6) is 0.117. The van der Waals surface area contributed by atoms with Gasteiger partial charge in [-0.3, -0.25) is 4.79 Å². The van der Waals surface area contributed by atoms with Crippen LogP contribution in [0, 0.1) is 6.92 Å². The monoisotopic (exact) mass is 296 g/mol. The molecule has 110 valence electrons. The number of rotatable bonds is 5. The second-order valence-corrected chi connectivity index (χ2v) is 6.74. The SMILES string of the molecule is Cc1ccccc1S(=O)(=O)NCCN1CCCCC1=O. The van der Waals surface area contributed by atoms with Gasteiger partial charge in [0.2, 0.25) is 15.9 Å². The number of sulfonamides is 1. The molecule has 20 heavy (non-hydrogen) atoms. The van der Waals surface area contributed by atoms with E-state index < -0.39 is 10.0 Å². The van der Waals surface area contributed by atoms with E-state index in [1.807, 2.05) is 0 Å². The molecule has 1 heterocycles. The maximum atomic E-state index is 12.2. The summed E-state index contributed by atoms with van der Waals surface area (Å²) < 4.78 is 26.9. The lowest BCUT2D eigenvalue weighted by atomic mass is 10.1. The van der Waals surface area contributed by atoms with Gasteiger partial charge in [0.1, 0.15) is 0 Å². The van der Waals surface area contributed by atoms with Gasteiger partial charge in [-0.2, -0.15) is 0 Å². The number of benzene rings is 1.